The van der Waals surface area contributed by atoms with Crippen LogP contribution < -0.4 is 10.5 Å². The van der Waals surface area contributed by atoms with Crippen molar-refractivity contribution in [3.63, 3.8) is 0 Å². The predicted octanol–water partition coefficient (Wildman–Crippen LogP) is 2.06. The highest BCUT2D eigenvalue weighted by Crippen LogP contribution is 2.16. The number of alkyl halides is 1. The number of likely N-dealkylation sites (N-methyl/N-ethyl adjacent to an activating group) is 1. The summed E-state index contributed by atoms with van der Waals surface area (Å²) in [7, 11) is -0.0164. The Balaban J connectivity index is 0.000000528. The summed E-state index contributed by atoms with van der Waals surface area (Å²) >= 11 is 0. The molecule has 1 rings (SSSR count). The molecule has 0 aliphatic carbocycles. The number of methoxy groups -OCH3 is 1. The van der Waals surface area contributed by atoms with E-state index in [2.05, 4.69) is 0 Å². The van der Waals surface area contributed by atoms with Gasteiger partial charge in [-0.2, -0.15) is 5.26 Å². The Morgan fingerprint density at radius 3 is 2.39 bits per heavy atom. The van der Waals surface area contributed by atoms with E-state index in [4.69, 9.17) is 15.7 Å². The van der Waals surface area contributed by atoms with E-state index in [0.29, 0.717) is 5.75 Å². The van der Waals surface area contributed by atoms with Crippen molar-refractivity contribution in [2.24, 2.45) is 5.73 Å². The van der Waals surface area contributed by atoms with Gasteiger partial charge in [0.05, 0.1) is 30.7 Å². The van der Waals surface area contributed by atoms with Crippen LogP contribution in [0.1, 0.15) is 32.8 Å². The molecule has 7 nitrogen and oxygen atoms in total. The van der Waals surface area contributed by atoms with E-state index < -0.39 is 22.1 Å². The normalized spacial score (nSPS) is 13.0. The monoisotopic (exact) mass is 415 g/mol. The molecule has 2 atom stereocenters. The predicted molar refractivity (Wildman–Crippen MR) is 107 cm³/mol. The van der Waals surface area contributed by atoms with Crippen LogP contribution in [-0.4, -0.2) is 57.4 Å². The number of nitrogens with two attached hydrogens (primary N) is 1. The van der Waals surface area contributed by atoms with Crippen molar-refractivity contribution in [1.82, 2.24) is 4.90 Å². The van der Waals surface area contributed by atoms with Crippen LogP contribution in [0.2, 0.25) is 0 Å². The number of nitrogens with zero attached hydrogens (tertiary/aromatic N) is 2. The van der Waals surface area contributed by atoms with Crippen molar-refractivity contribution in [3.05, 3.63) is 29.8 Å². The average molecular weight is 416 g/mol. The summed E-state index contributed by atoms with van der Waals surface area (Å²) in [5, 5.41) is 8.29. The molecular weight excluding hydrogens is 385 g/mol. The number of sulfone groups is 1. The number of hydrogen-bond donors (Lipinski definition) is 1. The van der Waals surface area contributed by atoms with Crippen LogP contribution in [0.25, 0.3) is 0 Å². The quantitative estimate of drug-likeness (QED) is 0.695. The van der Waals surface area contributed by atoms with Gasteiger partial charge < -0.3 is 15.4 Å². The molecule has 1 aromatic carbocycles. The van der Waals surface area contributed by atoms with Gasteiger partial charge >= 0.3 is 0 Å². The lowest BCUT2D eigenvalue weighted by molar-refractivity contribution is -0.129. The summed E-state index contributed by atoms with van der Waals surface area (Å²) in [5.41, 5.74) is 5.87. The van der Waals surface area contributed by atoms with E-state index in [9.17, 15) is 17.6 Å². The minimum Gasteiger partial charge on any atom is -0.497 e. The third-order valence-corrected chi connectivity index (χ3v) is 6.12. The standard InChI is InChI=1S/C11H16O3S.C8H14FN3O/c1-9(2)15(12,13)8-10-5-4-6-11(7-10)14-3;1-6(9)3-7(4-10)12(2)8(13)5-11/h4-7,9H,8H2,1-3H3;6-7H,3,5,11H2,1-2H3. The smallest absolute Gasteiger partial charge is 0.237 e. The maximum atomic E-state index is 12.5. The molecule has 1 aromatic rings. The molecule has 1 amide bonds. The minimum absolute atomic E-state index is 0.0265. The lowest BCUT2D eigenvalue weighted by Gasteiger charge is -2.22. The van der Waals surface area contributed by atoms with E-state index in [0.717, 1.165) is 5.56 Å². The lowest BCUT2D eigenvalue weighted by Crippen LogP contribution is -2.40. The van der Waals surface area contributed by atoms with Crippen molar-refractivity contribution in [2.75, 3.05) is 20.7 Å². The first-order chi connectivity index (χ1) is 13.0. The van der Waals surface area contributed by atoms with Gasteiger partial charge in [-0.15, -0.1) is 0 Å². The molecular formula is C19H30FN3O4S. The molecule has 28 heavy (non-hydrogen) atoms. The van der Waals surface area contributed by atoms with Crippen LogP contribution in [0.5, 0.6) is 5.75 Å². The second-order valence-corrected chi connectivity index (χ2v) is 9.13. The Bertz CT molecular complexity index is 761. The lowest BCUT2D eigenvalue weighted by atomic mass is 10.1. The van der Waals surface area contributed by atoms with Crippen molar-refractivity contribution in [2.45, 2.75) is 50.4 Å². The number of halogens is 1. The van der Waals surface area contributed by atoms with Gasteiger partial charge in [-0.25, -0.2) is 12.8 Å². The van der Waals surface area contributed by atoms with Crippen LogP contribution in [0.4, 0.5) is 4.39 Å². The first kappa shape index (κ1) is 25.8. The van der Waals surface area contributed by atoms with Gasteiger partial charge in [0.1, 0.15) is 18.0 Å². The number of benzene rings is 1. The van der Waals surface area contributed by atoms with Crippen molar-refractivity contribution in [1.29, 1.82) is 5.26 Å². The fraction of sp³-hybridized carbons (Fsp3) is 0.579. The third-order valence-electron chi connectivity index (χ3n) is 3.95. The molecule has 0 aliphatic rings. The number of nitriles is 1. The second kappa shape index (κ2) is 12.3. The van der Waals surface area contributed by atoms with Gasteiger partial charge in [0.2, 0.25) is 5.91 Å². The minimum atomic E-state index is -3.03. The maximum Gasteiger partial charge on any atom is 0.237 e. The van der Waals surface area contributed by atoms with Crippen LogP contribution in [0.15, 0.2) is 24.3 Å². The summed E-state index contributed by atoms with van der Waals surface area (Å²) in [6.07, 6.45) is -1.07. The van der Waals surface area contributed by atoms with E-state index in [1.54, 1.807) is 45.2 Å². The number of hydrogen-bond acceptors (Lipinski definition) is 6. The van der Waals surface area contributed by atoms with Crippen molar-refractivity contribution >= 4 is 15.7 Å². The number of amides is 1. The molecule has 0 radical (unpaired) electrons. The second-order valence-electron chi connectivity index (χ2n) is 6.58. The Morgan fingerprint density at radius 1 is 1.36 bits per heavy atom. The Kier molecular flexibility index (Phi) is 11.4. The van der Waals surface area contributed by atoms with E-state index in [1.807, 2.05) is 6.07 Å². The van der Waals surface area contributed by atoms with Gasteiger partial charge in [-0.1, -0.05) is 12.1 Å². The summed E-state index contributed by atoms with van der Waals surface area (Å²) in [4.78, 5) is 12.2. The SMILES string of the molecule is CC(F)CC(C#N)N(C)C(=O)CN.COc1cccc(CS(=O)(=O)C(C)C)c1. The van der Waals surface area contributed by atoms with Crippen LogP contribution in [-0.2, 0) is 20.4 Å². The van der Waals surface area contributed by atoms with Crippen LogP contribution >= 0.6 is 0 Å². The first-order valence-electron chi connectivity index (χ1n) is 8.82. The fourth-order valence-electron chi connectivity index (χ4n) is 2.08. The summed E-state index contributed by atoms with van der Waals surface area (Å²) in [6.45, 7) is 4.57. The van der Waals surface area contributed by atoms with Crippen molar-refractivity contribution < 1.29 is 22.3 Å². The molecule has 0 bridgehead atoms. The largest absolute Gasteiger partial charge is 0.497 e. The molecule has 0 spiro atoms. The molecule has 2 N–H and O–H groups in total. The first-order valence-corrected chi connectivity index (χ1v) is 10.5. The van der Waals surface area contributed by atoms with Gasteiger partial charge in [0.25, 0.3) is 0 Å². The zero-order chi connectivity index (χ0) is 21.9. The van der Waals surface area contributed by atoms with E-state index in [1.165, 1.54) is 18.9 Å². The summed E-state index contributed by atoms with van der Waals surface area (Å²) in [5.74, 6) is 0.403. The van der Waals surface area contributed by atoms with E-state index >= 15 is 0 Å². The number of carbonyl (C=O) groups is 1. The number of ether oxygens (including phenoxy) is 1. The number of carbonyl (C=O) groups excluding carboxylic acids is 1. The molecule has 9 heteroatoms. The Hall–Kier alpha value is -2.18. The highest BCUT2D eigenvalue weighted by molar-refractivity contribution is 7.91. The highest BCUT2D eigenvalue weighted by atomic mass is 32.2. The summed E-state index contributed by atoms with van der Waals surface area (Å²) in [6, 6.07) is 8.27. The average Bonchev–Trinajstić information content (AvgIpc) is 2.64. The molecule has 0 fully saturated rings. The zero-order valence-corrected chi connectivity index (χ0v) is 17.9. The van der Waals surface area contributed by atoms with Gasteiger partial charge in [0.15, 0.2) is 9.84 Å². The molecule has 2 unspecified atom stereocenters. The topological polar surface area (TPSA) is 113 Å². The fourth-order valence-corrected chi connectivity index (χ4v) is 3.06. The molecule has 158 valence electrons. The van der Waals surface area contributed by atoms with Crippen molar-refractivity contribution in [3.8, 4) is 11.8 Å². The molecule has 0 aliphatic heterocycles. The van der Waals surface area contributed by atoms with Gasteiger partial charge in [-0.05, 0) is 38.5 Å². The maximum absolute atomic E-state index is 12.5. The molecule has 0 heterocycles. The van der Waals surface area contributed by atoms with Crippen LogP contribution in [0, 0.1) is 11.3 Å². The highest BCUT2D eigenvalue weighted by Gasteiger charge is 2.20. The molecule has 0 aromatic heterocycles. The van der Waals surface area contributed by atoms with E-state index in [-0.39, 0.29) is 29.9 Å². The molecule has 0 saturated carbocycles. The summed E-state index contributed by atoms with van der Waals surface area (Å²) < 4.78 is 40.9. The van der Waals surface area contributed by atoms with Gasteiger partial charge in [-0.3, -0.25) is 4.79 Å². The Labute approximate surface area is 167 Å². The van der Waals surface area contributed by atoms with Crippen LogP contribution in [0.3, 0.4) is 0 Å². The molecule has 0 saturated heterocycles. The number of rotatable bonds is 8. The van der Waals surface area contributed by atoms with Gasteiger partial charge in [0, 0.05) is 13.5 Å². The third kappa shape index (κ3) is 9.15. The Morgan fingerprint density at radius 2 is 1.96 bits per heavy atom. The zero-order valence-electron chi connectivity index (χ0n) is 17.1.